The van der Waals surface area contributed by atoms with Gasteiger partial charge in [0.25, 0.3) is 5.95 Å². The molecule has 88 valence electrons. The first kappa shape index (κ1) is 14.1. The van der Waals surface area contributed by atoms with E-state index in [0.29, 0.717) is 5.95 Å². The summed E-state index contributed by atoms with van der Waals surface area (Å²) in [6, 6.07) is 0. The second kappa shape index (κ2) is 6.56. The SMILES string of the molecule is CCC=C(C=C(OC)OC)O[Si](C)(C)C. The molecule has 0 rings (SSSR count). The highest BCUT2D eigenvalue weighted by molar-refractivity contribution is 6.70. The highest BCUT2D eigenvalue weighted by atomic mass is 28.4. The minimum Gasteiger partial charge on any atom is -0.544 e. The molecule has 0 aliphatic rings. The Morgan fingerprint density at radius 3 is 2.00 bits per heavy atom. The van der Waals surface area contributed by atoms with Crippen LogP contribution in [-0.2, 0) is 13.9 Å². The van der Waals surface area contributed by atoms with Gasteiger partial charge < -0.3 is 13.9 Å². The molecule has 0 bridgehead atoms. The van der Waals surface area contributed by atoms with Gasteiger partial charge in [0.1, 0.15) is 5.76 Å². The fourth-order valence-corrected chi connectivity index (χ4v) is 1.85. The molecular formula is C11H22O3Si. The number of methoxy groups -OCH3 is 2. The maximum absolute atomic E-state index is 5.88. The first-order valence-electron chi connectivity index (χ1n) is 5.11. The van der Waals surface area contributed by atoms with E-state index in [2.05, 4.69) is 26.6 Å². The molecule has 0 aromatic carbocycles. The number of rotatable bonds is 6. The normalized spacial score (nSPS) is 12.0. The molecule has 0 saturated carbocycles. The Morgan fingerprint density at radius 2 is 1.67 bits per heavy atom. The van der Waals surface area contributed by atoms with E-state index in [9.17, 15) is 0 Å². The Balaban J connectivity index is 4.69. The molecule has 0 saturated heterocycles. The predicted octanol–water partition coefficient (Wildman–Crippen LogP) is 3.27. The largest absolute Gasteiger partial charge is 0.544 e. The molecular weight excluding hydrogens is 208 g/mol. The summed E-state index contributed by atoms with van der Waals surface area (Å²) in [7, 11) is 1.58. The van der Waals surface area contributed by atoms with Gasteiger partial charge in [-0.15, -0.1) is 0 Å². The molecule has 0 heterocycles. The van der Waals surface area contributed by atoms with E-state index in [4.69, 9.17) is 13.9 Å². The number of ether oxygens (including phenoxy) is 2. The van der Waals surface area contributed by atoms with Gasteiger partial charge >= 0.3 is 0 Å². The summed E-state index contributed by atoms with van der Waals surface area (Å²) < 4.78 is 15.9. The van der Waals surface area contributed by atoms with Crippen molar-refractivity contribution in [1.29, 1.82) is 0 Å². The van der Waals surface area contributed by atoms with Crippen LogP contribution >= 0.6 is 0 Å². The lowest BCUT2D eigenvalue weighted by Crippen LogP contribution is -2.24. The van der Waals surface area contributed by atoms with E-state index in [1.54, 1.807) is 20.3 Å². The molecule has 0 fully saturated rings. The van der Waals surface area contributed by atoms with Gasteiger partial charge in [-0.05, 0) is 32.1 Å². The molecule has 4 heteroatoms. The summed E-state index contributed by atoms with van der Waals surface area (Å²) in [4.78, 5) is 0. The summed E-state index contributed by atoms with van der Waals surface area (Å²) in [6.45, 7) is 8.50. The quantitative estimate of drug-likeness (QED) is 0.398. The molecule has 3 nitrogen and oxygen atoms in total. The van der Waals surface area contributed by atoms with E-state index >= 15 is 0 Å². The maximum Gasteiger partial charge on any atom is 0.282 e. The number of allylic oxidation sites excluding steroid dienone is 2. The third-order valence-electron chi connectivity index (χ3n) is 1.49. The van der Waals surface area contributed by atoms with Crippen molar-refractivity contribution < 1.29 is 13.9 Å². The van der Waals surface area contributed by atoms with E-state index in [0.717, 1.165) is 12.2 Å². The fraction of sp³-hybridized carbons (Fsp3) is 0.636. The average molecular weight is 230 g/mol. The van der Waals surface area contributed by atoms with Crippen LogP contribution in [0.15, 0.2) is 23.9 Å². The lowest BCUT2D eigenvalue weighted by Gasteiger charge is -2.20. The molecule has 0 spiro atoms. The van der Waals surface area contributed by atoms with Crippen molar-refractivity contribution in [2.45, 2.75) is 33.0 Å². The van der Waals surface area contributed by atoms with Crippen molar-refractivity contribution in [2.75, 3.05) is 14.2 Å². The number of hydrogen-bond donors (Lipinski definition) is 0. The third-order valence-corrected chi connectivity index (χ3v) is 2.34. The van der Waals surface area contributed by atoms with E-state index < -0.39 is 8.32 Å². The molecule has 0 aromatic rings. The van der Waals surface area contributed by atoms with Crippen LogP contribution in [0, 0.1) is 0 Å². The monoisotopic (exact) mass is 230 g/mol. The van der Waals surface area contributed by atoms with Crippen molar-refractivity contribution >= 4 is 8.32 Å². The third kappa shape index (κ3) is 7.08. The highest BCUT2D eigenvalue weighted by Gasteiger charge is 2.17. The fourth-order valence-electron chi connectivity index (χ4n) is 1.00. The minimum absolute atomic E-state index is 0.466. The first-order valence-corrected chi connectivity index (χ1v) is 8.52. The van der Waals surface area contributed by atoms with Gasteiger partial charge in [-0.25, -0.2) is 0 Å². The highest BCUT2D eigenvalue weighted by Crippen LogP contribution is 2.14. The van der Waals surface area contributed by atoms with Gasteiger partial charge in [0.15, 0.2) is 0 Å². The van der Waals surface area contributed by atoms with Crippen molar-refractivity contribution in [1.82, 2.24) is 0 Å². The molecule has 0 amide bonds. The van der Waals surface area contributed by atoms with Gasteiger partial charge in [-0.2, -0.15) is 0 Å². The summed E-state index contributed by atoms with van der Waals surface area (Å²) in [5.74, 6) is 1.29. The Bertz CT molecular complexity index is 233. The lowest BCUT2D eigenvalue weighted by molar-refractivity contribution is 0.0940. The van der Waals surface area contributed by atoms with Crippen LogP contribution in [0.5, 0.6) is 0 Å². The summed E-state index contributed by atoms with van der Waals surface area (Å²) in [5.41, 5.74) is 0. The first-order chi connectivity index (χ1) is 6.92. The van der Waals surface area contributed by atoms with Gasteiger partial charge in [0, 0.05) is 0 Å². The molecule has 0 aromatic heterocycles. The second-order valence-corrected chi connectivity index (χ2v) is 8.53. The second-order valence-electron chi connectivity index (χ2n) is 4.10. The van der Waals surface area contributed by atoms with Gasteiger partial charge in [0.05, 0.1) is 20.3 Å². The molecule has 0 aliphatic carbocycles. The molecule has 15 heavy (non-hydrogen) atoms. The van der Waals surface area contributed by atoms with Gasteiger partial charge in [-0.3, -0.25) is 0 Å². The lowest BCUT2D eigenvalue weighted by atomic mass is 10.3. The molecule has 0 aliphatic heterocycles. The zero-order chi connectivity index (χ0) is 11.9. The summed E-state index contributed by atoms with van der Waals surface area (Å²) >= 11 is 0. The van der Waals surface area contributed by atoms with E-state index in [1.165, 1.54) is 0 Å². The Labute approximate surface area is 93.9 Å². The molecule has 0 N–H and O–H groups in total. The molecule has 0 radical (unpaired) electrons. The van der Waals surface area contributed by atoms with Crippen LogP contribution in [-0.4, -0.2) is 22.5 Å². The van der Waals surface area contributed by atoms with Crippen LogP contribution in [0.4, 0.5) is 0 Å². The van der Waals surface area contributed by atoms with Crippen molar-refractivity contribution in [3.8, 4) is 0 Å². The van der Waals surface area contributed by atoms with Crippen LogP contribution in [0.3, 0.4) is 0 Å². The van der Waals surface area contributed by atoms with Gasteiger partial charge in [-0.1, -0.05) is 6.92 Å². The Hall–Kier alpha value is -0.903. The van der Waals surface area contributed by atoms with Crippen LogP contribution in [0.25, 0.3) is 0 Å². The zero-order valence-corrected chi connectivity index (χ0v) is 11.6. The topological polar surface area (TPSA) is 27.7 Å². The molecule has 0 unspecified atom stereocenters. The van der Waals surface area contributed by atoms with E-state index in [1.807, 2.05) is 6.08 Å². The van der Waals surface area contributed by atoms with Crippen molar-refractivity contribution in [3.63, 3.8) is 0 Å². The average Bonchev–Trinajstić information content (AvgIpc) is 2.11. The van der Waals surface area contributed by atoms with E-state index in [-0.39, 0.29) is 0 Å². The maximum atomic E-state index is 5.88. The predicted molar refractivity (Wildman–Crippen MR) is 64.9 cm³/mol. The molecule has 0 atom stereocenters. The van der Waals surface area contributed by atoms with Crippen molar-refractivity contribution in [3.05, 3.63) is 23.9 Å². The number of hydrogen-bond acceptors (Lipinski definition) is 3. The summed E-state index contributed by atoms with van der Waals surface area (Å²) in [6.07, 6.45) is 4.73. The minimum atomic E-state index is -1.57. The van der Waals surface area contributed by atoms with Crippen LogP contribution in [0.2, 0.25) is 19.6 Å². The Morgan fingerprint density at radius 1 is 1.13 bits per heavy atom. The summed E-state index contributed by atoms with van der Waals surface area (Å²) in [5, 5.41) is 0. The Kier molecular flexibility index (Phi) is 6.16. The van der Waals surface area contributed by atoms with Gasteiger partial charge in [0.2, 0.25) is 8.32 Å². The standard InChI is InChI=1S/C11H22O3Si/c1-7-8-10(14-15(4,5)6)9-11(12-2)13-3/h8-9H,7H2,1-6H3. The van der Waals surface area contributed by atoms with Crippen LogP contribution in [0.1, 0.15) is 13.3 Å². The zero-order valence-electron chi connectivity index (χ0n) is 10.6. The smallest absolute Gasteiger partial charge is 0.282 e. The van der Waals surface area contributed by atoms with Crippen LogP contribution < -0.4 is 0 Å². The van der Waals surface area contributed by atoms with Crippen molar-refractivity contribution in [2.24, 2.45) is 0 Å².